The van der Waals surface area contributed by atoms with Crippen LogP contribution in [-0.4, -0.2) is 9.55 Å². The summed E-state index contributed by atoms with van der Waals surface area (Å²) in [7, 11) is 0. The predicted octanol–water partition coefficient (Wildman–Crippen LogP) is 13.9. The number of hydrogen-bond acceptors (Lipinski definition) is 5. The lowest BCUT2D eigenvalue weighted by atomic mass is 10.1. The lowest BCUT2D eigenvalue weighted by molar-refractivity contribution is 0.620. The number of para-hydroxylation sites is 4. The molecule has 0 saturated carbocycles. The Hall–Kier alpha value is -7.57. The minimum absolute atomic E-state index is 0.548. The fourth-order valence-electron chi connectivity index (χ4n) is 8.35. The molecule has 258 valence electrons. The van der Waals surface area contributed by atoms with Crippen molar-refractivity contribution in [2.75, 3.05) is 4.90 Å². The van der Waals surface area contributed by atoms with E-state index in [1.54, 1.807) is 0 Å². The molecule has 4 aromatic heterocycles. The van der Waals surface area contributed by atoms with Crippen LogP contribution in [-0.2, 0) is 0 Å². The summed E-state index contributed by atoms with van der Waals surface area (Å²) >= 11 is 0. The number of aromatic nitrogens is 2. The Morgan fingerprint density at radius 1 is 0.418 bits per heavy atom. The highest BCUT2D eigenvalue weighted by atomic mass is 16.4. The van der Waals surface area contributed by atoms with Crippen LogP contribution in [0.25, 0.3) is 93.9 Å². The average molecular weight is 708 g/mol. The topological polar surface area (TPSA) is 60.5 Å². The highest BCUT2D eigenvalue weighted by molar-refractivity contribution is 6.19. The molecule has 0 bridgehead atoms. The van der Waals surface area contributed by atoms with Crippen LogP contribution >= 0.6 is 0 Å². The number of anilines is 3. The van der Waals surface area contributed by atoms with Gasteiger partial charge in [-0.1, -0.05) is 91.0 Å². The Balaban J connectivity index is 1.21. The molecule has 0 aliphatic carbocycles. The first kappa shape index (κ1) is 29.9. The maximum atomic E-state index is 6.85. The summed E-state index contributed by atoms with van der Waals surface area (Å²) in [5.74, 6) is 0.548. The van der Waals surface area contributed by atoms with Crippen molar-refractivity contribution in [2.45, 2.75) is 0 Å². The van der Waals surface area contributed by atoms with Gasteiger partial charge in [-0.05, 0) is 84.9 Å². The number of nitrogens with zero attached hydrogens (tertiary/aromatic N) is 3. The third-order valence-corrected chi connectivity index (χ3v) is 10.8. The van der Waals surface area contributed by atoms with E-state index in [0.717, 1.165) is 88.6 Å². The van der Waals surface area contributed by atoms with Crippen molar-refractivity contribution >= 4 is 93.8 Å². The zero-order chi connectivity index (χ0) is 36.0. The molecule has 12 rings (SSSR count). The van der Waals surface area contributed by atoms with Crippen LogP contribution in [0.1, 0.15) is 0 Å². The van der Waals surface area contributed by atoms with Gasteiger partial charge in [-0.15, -0.1) is 0 Å². The second-order valence-corrected chi connectivity index (χ2v) is 13.9. The monoisotopic (exact) mass is 707 g/mol. The smallest absolute Gasteiger partial charge is 0.227 e. The van der Waals surface area contributed by atoms with Crippen molar-refractivity contribution in [2.24, 2.45) is 0 Å². The van der Waals surface area contributed by atoms with E-state index in [1.165, 1.54) is 5.39 Å². The van der Waals surface area contributed by atoms with Crippen LogP contribution in [0.5, 0.6) is 0 Å². The summed E-state index contributed by atoms with van der Waals surface area (Å²) in [5.41, 5.74) is 11.5. The molecule has 0 spiro atoms. The molecular formula is C49H29N3O3. The molecule has 0 aliphatic rings. The molecule has 0 N–H and O–H groups in total. The first-order valence-electron chi connectivity index (χ1n) is 18.4. The first-order chi connectivity index (χ1) is 27.3. The molecule has 0 fully saturated rings. The van der Waals surface area contributed by atoms with E-state index in [0.29, 0.717) is 17.0 Å². The van der Waals surface area contributed by atoms with Gasteiger partial charge in [0.25, 0.3) is 0 Å². The molecule has 6 heteroatoms. The Kier molecular flexibility index (Phi) is 6.24. The van der Waals surface area contributed by atoms with Crippen molar-refractivity contribution < 1.29 is 13.3 Å². The van der Waals surface area contributed by atoms with Gasteiger partial charge in [-0.25, -0.2) is 4.98 Å². The fourth-order valence-corrected chi connectivity index (χ4v) is 8.35. The lowest BCUT2D eigenvalue weighted by Crippen LogP contribution is -2.11. The Morgan fingerprint density at radius 3 is 1.82 bits per heavy atom. The SMILES string of the molecule is c1ccc(-c2nc3c(N(c4ccc5oc6ccccc6c5c4)c4ccc5c(c4)c4ccccc4n5-c4ccccc4)c4oc5ccccc5c4cc3o2)cc1. The summed E-state index contributed by atoms with van der Waals surface area (Å²) in [5, 5.41) is 6.35. The number of benzene rings is 8. The molecule has 0 amide bonds. The first-order valence-corrected chi connectivity index (χ1v) is 18.4. The molecule has 4 heterocycles. The van der Waals surface area contributed by atoms with Gasteiger partial charge in [-0.2, -0.15) is 0 Å². The standard InChI is InChI=1S/C49H29N3O3/c1-3-13-30(14-4-1)49-50-46-45(55-49)29-39-36-19-9-12-22-43(36)54-48(39)47(46)51(33-24-26-44-38(28-33)35-18-8-11-21-42(35)53-44)32-23-25-41-37(27-32)34-17-7-10-20-40(34)52(41)31-15-5-2-6-16-31/h1-29H. The van der Waals surface area contributed by atoms with Gasteiger partial charge in [0.1, 0.15) is 28.0 Å². The number of hydrogen-bond donors (Lipinski definition) is 0. The number of rotatable bonds is 5. The van der Waals surface area contributed by atoms with Crippen LogP contribution in [0.2, 0.25) is 0 Å². The predicted molar refractivity (Wildman–Crippen MR) is 223 cm³/mol. The number of oxazole rings is 1. The third kappa shape index (κ3) is 4.46. The molecular weight excluding hydrogens is 679 g/mol. The Labute approximate surface area is 313 Å². The molecule has 55 heavy (non-hydrogen) atoms. The maximum Gasteiger partial charge on any atom is 0.227 e. The van der Waals surface area contributed by atoms with E-state index in [-0.39, 0.29) is 0 Å². The van der Waals surface area contributed by atoms with Gasteiger partial charge in [0.05, 0.1) is 11.0 Å². The largest absolute Gasteiger partial charge is 0.456 e. The maximum absolute atomic E-state index is 6.85. The van der Waals surface area contributed by atoms with Crippen molar-refractivity contribution in [1.29, 1.82) is 0 Å². The molecule has 6 nitrogen and oxygen atoms in total. The zero-order valence-electron chi connectivity index (χ0n) is 29.3. The van der Waals surface area contributed by atoms with Crippen LogP contribution < -0.4 is 4.90 Å². The van der Waals surface area contributed by atoms with E-state index >= 15 is 0 Å². The molecule has 0 saturated heterocycles. The van der Waals surface area contributed by atoms with Crippen molar-refractivity contribution in [1.82, 2.24) is 9.55 Å². The van der Waals surface area contributed by atoms with Gasteiger partial charge in [0.15, 0.2) is 11.2 Å². The molecule has 0 aliphatic heterocycles. The van der Waals surface area contributed by atoms with Gasteiger partial charge in [-0.3, -0.25) is 0 Å². The summed E-state index contributed by atoms with van der Waals surface area (Å²) < 4.78 is 22.1. The molecule has 0 atom stereocenters. The molecule has 0 radical (unpaired) electrons. The van der Waals surface area contributed by atoms with Gasteiger partial charge < -0.3 is 22.7 Å². The van der Waals surface area contributed by atoms with Crippen molar-refractivity contribution in [3.05, 3.63) is 176 Å². The second kappa shape index (κ2) is 11.5. The normalized spacial score (nSPS) is 12.0. The van der Waals surface area contributed by atoms with E-state index < -0.39 is 0 Å². The summed E-state index contributed by atoms with van der Waals surface area (Å²) in [6.07, 6.45) is 0. The van der Waals surface area contributed by atoms with E-state index in [2.05, 4.69) is 125 Å². The van der Waals surface area contributed by atoms with Crippen molar-refractivity contribution in [3.63, 3.8) is 0 Å². The summed E-state index contributed by atoms with van der Waals surface area (Å²) in [6, 6.07) is 60.7. The highest BCUT2D eigenvalue weighted by Gasteiger charge is 2.27. The number of fused-ring (bicyclic) bond motifs is 10. The number of furan rings is 2. The van der Waals surface area contributed by atoms with Crippen LogP contribution in [0.4, 0.5) is 17.1 Å². The van der Waals surface area contributed by atoms with Crippen LogP contribution in [0, 0.1) is 0 Å². The molecule has 8 aromatic carbocycles. The second-order valence-electron chi connectivity index (χ2n) is 13.9. The fraction of sp³-hybridized carbons (Fsp3) is 0. The lowest BCUT2D eigenvalue weighted by Gasteiger charge is -2.26. The van der Waals surface area contributed by atoms with E-state index in [1.807, 2.05) is 60.7 Å². The van der Waals surface area contributed by atoms with Crippen molar-refractivity contribution in [3.8, 4) is 17.1 Å². The molecule has 12 aromatic rings. The van der Waals surface area contributed by atoms with Crippen LogP contribution in [0.15, 0.2) is 189 Å². The van der Waals surface area contributed by atoms with Gasteiger partial charge >= 0.3 is 0 Å². The minimum atomic E-state index is 0.548. The van der Waals surface area contributed by atoms with E-state index in [4.69, 9.17) is 18.2 Å². The minimum Gasteiger partial charge on any atom is -0.456 e. The quantitative estimate of drug-likeness (QED) is 0.178. The third-order valence-electron chi connectivity index (χ3n) is 10.8. The van der Waals surface area contributed by atoms with Crippen LogP contribution in [0.3, 0.4) is 0 Å². The molecule has 0 unspecified atom stereocenters. The van der Waals surface area contributed by atoms with Gasteiger partial charge in [0.2, 0.25) is 5.89 Å². The Bertz CT molecular complexity index is 3440. The average Bonchev–Trinajstić information content (AvgIpc) is 4.02. The zero-order valence-corrected chi connectivity index (χ0v) is 29.3. The van der Waals surface area contributed by atoms with Gasteiger partial charge in [0, 0.05) is 54.9 Å². The summed E-state index contributed by atoms with van der Waals surface area (Å²) in [4.78, 5) is 7.52. The highest BCUT2D eigenvalue weighted by Crippen LogP contribution is 2.49. The van der Waals surface area contributed by atoms with E-state index in [9.17, 15) is 0 Å². The summed E-state index contributed by atoms with van der Waals surface area (Å²) in [6.45, 7) is 0. The Morgan fingerprint density at radius 2 is 1.02 bits per heavy atom.